The lowest BCUT2D eigenvalue weighted by atomic mass is 10.3. The number of halogens is 1. The van der Waals surface area contributed by atoms with E-state index in [0.717, 1.165) is 17.1 Å². The Balaban J connectivity index is 2.45. The summed E-state index contributed by atoms with van der Waals surface area (Å²) in [4.78, 5) is 8.23. The summed E-state index contributed by atoms with van der Waals surface area (Å²) in [6, 6.07) is 0. The molecule has 0 aliphatic rings. The van der Waals surface area contributed by atoms with E-state index in [-0.39, 0.29) is 0 Å². The molecule has 0 radical (unpaired) electrons. The van der Waals surface area contributed by atoms with Crippen molar-refractivity contribution in [1.82, 2.24) is 14.5 Å². The van der Waals surface area contributed by atoms with Crippen LogP contribution in [0, 0.1) is 0 Å². The standard InChI is InChI=1S/C8H8BrN3O/c1-12-3-7(10-4-12)8-6(2-9)11-5-13-8/h3-5H,2H2,1H3. The Morgan fingerprint density at radius 2 is 2.38 bits per heavy atom. The quantitative estimate of drug-likeness (QED) is 0.756. The average Bonchev–Trinajstić information content (AvgIpc) is 2.71. The van der Waals surface area contributed by atoms with Gasteiger partial charge in [0, 0.05) is 18.6 Å². The van der Waals surface area contributed by atoms with Crippen LogP contribution in [0.25, 0.3) is 11.5 Å². The first kappa shape index (κ1) is 8.50. The zero-order valence-electron chi connectivity index (χ0n) is 7.07. The predicted octanol–water partition coefficient (Wildman–Crippen LogP) is 1.97. The number of aromatic nitrogens is 3. The molecule has 0 aliphatic carbocycles. The maximum absolute atomic E-state index is 5.24. The van der Waals surface area contributed by atoms with Gasteiger partial charge in [0.15, 0.2) is 12.2 Å². The Kier molecular flexibility index (Phi) is 2.18. The van der Waals surface area contributed by atoms with Crippen LogP contribution in [-0.4, -0.2) is 14.5 Å². The van der Waals surface area contributed by atoms with Crippen molar-refractivity contribution in [2.75, 3.05) is 0 Å². The third-order valence-corrected chi connectivity index (χ3v) is 2.24. The highest BCUT2D eigenvalue weighted by molar-refractivity contribution is 9.08. The molecule has 0 atom stereocenters. The molecule has 0 unspecified atom stereocenters. The lowest BCUT2D eigenvalue weighted by molar-refractivity contribution is 0.569. The van der Waals surface area contributed by atoms with Crippen LogP contribution in [0.1, 0.15) is 5.69 Å². The molecule has 0 aliphatic heterocycles. The first-order valence-corrected chi connectivity index (χ1v) is 4.90. The average molecular weight is 242 g/mol. The van der Waals surface area contributed by atoms with E-state index in [1.807, 2.05) is 17.8 Å². The van der Waals surface area contributed by atoms with Crippen molar-refractivity contribution in [3.05, 3.63) is 24.6 Å². The summed E-state index contributed by atoms with van der Waals surface area (Å²) in [6.45, 7) is 0. The van der Waals surface area contributed by atoms with Gasteiger partial charge in [0.25, 0.3) is 0 Å². The van der Waals surface area contributed by atoms with Crippen LogP contribution in [0.2, 0.25) is 0 Å². The molecule has 0 N–H and O–H groups in total. The highest BCUT2D eigenvalue weighted by Gasteiger charge is 2.11. The number of hydrogen-bond donors (Lipinski definition) is 0. The molecule has 2 rings (SSSR count). The second kappa shape index (κ2) is 3.33. The third-order valence-electron chi connectivity index (χ3n) is 1.71. The van der Waals surface area contributed by atoms with E-state index in [0.29, 0.717) is 5.33 Å². The number of nitrogens with zero attached hydrogens (tertiary/aromatic N) is 3. The Bertz CT molecular complexity index is 407. The molecule has 0 spiro atoms. The molecular formula is C8H8BrN3O. The molecule has 13 heavy (non-hydrogen) atoms. The van der Waals surface area contributed by atoms with Crippen LogP contribution in [-0.2, 0) is 12.4 Å². The number of rotatable bonds is 2. The third kappa shape index (κ3) is 1.51. The molecule has 4 nitrogen and oxygen atoms in total. The first-order valence-electron chi connectivity index (χ1n) is 3.78. The molecule has 2 aromatic heterocycles. The first-order chi connectivity index (χ1) is 6.31. The van der Waals surface area contributed by atoms with Gasteiger partial charge < -0.3 is 8.98 Å². The minimum Gasteiger partial charge on any atom is -0.441 e. The van der Waals surface area contributed by atoms with Crippen LogP contribution >= 0.6 is 15.9 Å². The van der Waals surface area contributed by atoms with Gasteiger partial charge >= 0.3 is 0 Å². The van der Waals surface area contributed by atoms with Gasteiger partial charge in [-0.3, -0.25) is 0 Å². The van der Waals surface area contributed by atoms with E-state index < -0.39 is 0 Å². The molecule has 0 fully saturated rings. The zero-order chi connectivity index (χ0) is 9.26. The lowest BCUT2D eigenvalue weighted by Crippen LogP contribution is -1.82. The molecule has 0 aromatic carbocycles. The van der Waals surface area contributed by atoms with Crippen molar-refractivity contribution in [2.24, 2.45) is 7.05 Å². The topological polar surface area (TPSA) is 43.9 Å². The number of hydrogen-bond acceptors (Lipinski definition) is 3. The van der Waals surface area contributed by atoms with E-state index >= 15 is 0 Å². The van der Waals surface area contributed by atoms with Gasteiger partial charge in [0.2, 0.25) is 0 Å². The van der Waals surface area contributed by atoms with Gasteiger partial charge in [-0.1, -0.05) is 15.9 Å². The second-order valence-corrected chi connectivity index (χ2v) is 3.25. The molecule has 2 heterocycles. The molecule has 0 bridgehead atoms. The SMILES string of the molecule is Cn1cnc(-c2ocnc2CBr)c1. The lowest BCUT2D eigenvalue weighted by Gasteiger charge is -1.91. The molecular weight excluding hydrogens is 234 g/mol. The molecule has 0 amide bonds. The predicted molar refractivity (Wildman–Crippen MR) is 51.3 cm³/mol. The fourth-order valence-corrected chi connectivity index (χ4v) is 1.50. The summed E-state index contributed by atoms with van der Waals surface area (Å²) in [5.74, 6) is 0.734. The smallest absolute Gasteiger partial charge is 0.181 e. The van der Waals surface area contributed by atoms with Crippen molar-refractivity contribution >= 4 is 15.9 Å². The van der Waals surface area contributed by atoms with Crippen molar-refractivity contribution in [2.45, 2.75) is 5.33 Å². The highest BCUT2D eigenvalue weighted by atomic mass is 79.9. The van der Waals surface area contributed by atoms with Gasteiger partial charge in [-0.15, -0.1) is 0 Å². The largest absolute Gasteiger partial charge is 0.441 e. The Labute approximate surface area is 83.7 Å². The zero-order valence-corrected chi connectivity index (χ0v) is 8.65. The summed E-state index contributed by atoms with van der Waals surface area (Å²) >= 11 is 3.33. The summed E-state index contributed by atoms with van der Waals surface area (Å²) < 4.78 is 7.11. The van der Waals surface area contributed by atoms with E-state index in [9.17, 15) is 0 Å². The summed E-state index contributed by atoms with van der Waals surface area (Å²) in [5.41, 5.74) is 1.69. The van der Waals surface area contributed by atoms with Crippen LogP contribution in [0.5, 0.6) is 0 Å². The van der Waals surface area contributed by atoms with Gasteiger partial charge in [-0.2, -0.15) is 0 Å². The van der Waals surface area contributed by atoms with Gasteiger partial charge in [0.1, 0.15) is 5.69 Å². The van der Waals surface area contributed by atoms with Crippen molar-refractivity contribution < 1.29 is 4.42 Å². The molecule has 2 aromatic rings. The van der Waals surface area contributed by atoms with Crippen LogP contribution in [0.4, 0.5) is 0 Å². The number of aryl methyl sites for hydroxylation is 1. The van der Waals surface area contributed by atoms with Crippen molar-refractivity contribution in [3.8, 4) is 11.5 Å². The van der Waals surface area contributed by atoms with E-state index in [4.69, 9.17) is 4.42 Å². The van der Waals surface area contributed by atoms with E-state index in [1.165, 1.54) is 6.39 Å². The van der Waals surface area contributed by atoms with E-state index in [1.54, 1.807) is 6.33 Å². The van der Waals surface area contributed by atoms with E-state index in [2.05, 4.69) is 25.9 Å². The second-order valence-electron chi connectivity index (χ2n) is 2.69. The number of alkyl halides is 1. The Morgan fingerprint density at radius 3 is 3.00 bits per heavy atom. The van der Waals surface area contributed by atoms with Crippen molar-refractivity contribution in [3.63, 3.8) is 0 Å². The monoisotopic (exact) mass is 241 g/mol. The number of imidazole rings is 1. The van der Waals surface area contributed by atoms with Gasteiger partial charge in [-0.25, -0.2) is 9.97 Å². The van der Waals surface area contributed by atoms with Crippen molar-refractivity contribution in [1.29, 1.82) is 0 Å². The summed E-state index contributed by atoms with van der Waals surface area (Å²) in [5, 5.41) is 0.676. The van der Waals surface area contributed by atoms with Crippen LogP contribution in [0.3, 0.4) is 0 Å². The van der Waals surface area contributed by atoms with Crippen LogP contribution < -0.4 is 0 Å². The molecule has 0 saturated carbocycles. The minimum absolute atomic E-state index is 0.676. The maximum atomic E-state index is 5.24. The Morgan fingerprint density at radius 1 is 1.54 bits per heavy atom. The molecule has 0 saturated heterocycles. The molecule has 5 heteroatoms. The Hall–Kier alpha value is -1.10. The fraction of sp³-hybridized carbons (Fsp3) is 0.250. The maximum Gasteiger partial charge on any atom is 0.181 e. The van der Waals surface area contributed by atoms with Gasteiger partial charge in [-0.05, 0) is 0 Å². The summed E-state index contributed by atoms with van der Waals surface area (Å²) in [7, 11) is 1.92. The highest BCUT2D eigenvalue weighted by Crippen LogP contribution is 2.22. The normalized spacial score (nSPS) is 10.6. The van der Waals surface area contributed by atoms with Crippen LogP contribution in [0.15, 0.2) is 23.3 Å². The van der Waals surface area contributed by atoms with Gasteiger partial charge in [0.05, 0.1) is 12.0 Å². The number of oxazole rings is 1. The summed E-state index contributed by atoms with van der Waals surface area (Å²) in [6.07, 6.45) is 5.06. The molecule has 68 valence electrons. The minimum atomic E-state index is 0.676. The fourth-order valence-electron chi connectivity index (χ4n) is 1.10.